The Morgan fingerprint density at radius 3 is 0.857 bits per heavy atom. The first-order chi connectivity index (χ1) is 48.4. The molecule has 0 radical (unpaired) electrons. The molecule has 0 aliphatic carbocycles. The zero-order valence-electron chi connectivity index (χ0n) is 52.8. The third-order valence-corrected chi connectivity index (χ3v) is 18.8. The fraction of sp³-hybridized carbons (Fsp3) is 0. The maximum absolute atomic E-state index is 10.9. The average Bonchev–Trinajstić information content (AvgIpc) is 1.02. The Morgan fingerprint density at radius 2 is 0.510 bits per heavy atom. The minimum absolute atomic E-state index is 0.368. The Labute approximate surface area is 566 Å². The molecule has 0 spiro atoms. The normalized spacial score (nSPS) is 11.2. The van der Waals surface area contributed by atoms with Crippen LogP contribution in [0, 0.1) is 34.0 Å². The second kappa shape index (κ2) is 24.6. The molecule has 0 unspecified atom stereocenters. The van der Waals surface area contributed by atoms with E-state index >= 15 is 0 Å². The van der Waals surface area contributed by atoms with Gasteiger partial charge in [-0.1, -0.05) is 231 Å². The Bertz CT molecular complexity index is 5590. The van der Waals surface area contributed by atoms with Crippen LogP contribution >= 0.6 is 0 Å². The number of fused-ring (bicyclic) bond motifs is 6. The van der Waals surface area contributed by atoms with Crippen molar-refractivity contribution in [3.63, 3.8) is 0 Å². The van der Waals surface area contributed by atoms with Crippen LogP contribution in [-0.4, -0.2) is 24.1 Å². The lowest BCUT2D eigenvalue weighted by molar-refractivity contribution is 1.07. The van der Waals surface area contributed by atoms with Crippen LogP contribution in [0.3, 0.4) is 0 Å². The van der Waals surface area contributed by atoms with E-state index in [0.717, 1.165) is 138 Å². The molecule has 454 valence electrons. The highest BCUT2D eigenvalue weighted by Crippen LogP contribution is 2.44. The molecular weight excluding hydrogens is 1190 g/mol. The van der Waals surface area contributed by atoms with Crippen molar-refractivity contribution >= 4 is 43.6 Å². The van der Waals surface area contributed by atoms with Crippen LogP contribution in [0.5, 0.6) is 0 Å². The molecule has 0 saturated heterocycles. The third-order valence-electron chi connectivity index (χ3n) is 18.8. The molecule has 3 heterocycles. The molecule has 3 aromatic heterocycles. The summed E-state index contributed by atoms with van der Waals surface area (Å²) in [6.07, 6.45) is 0. The summed E-state index contributed by atoms with van der Waals surface area (Å²) in [4.78, 5) is 16.8. The Kier molecular flexibility index (Phi) is 14.5. The number of nitriles is 3. The molecular formula is C90H54N8. The molecule has 8 nitrogen and oxygen atoms in total. The van der Waals surface area contributed by atoms with Crippen molar-refractivity contribution in [1.29, 1.82) is 15.8 Å². The standard InChI is InChI=1S/C90H54N8/c91-55-58-29-31-63(32-30-58)64-33-35-65(36-34-64)88-94-89(82-53-72(41-43-76(82)74-27-15-13-25-70(74)56-92)97-84-45-37-66(59-17-5-1-6-18-59)49-78(84)79-50-67(38-46-85(79)97)60-19-7-2-8-20-60)96-90(95-88)83-54-73(42-44-77(83)75-28-16-14-26-71(75)57-93)98-86-47-39-68(61-21-9-3-10-22-61)51-80(86)81-52-69(40-48-87(81)98)62-23-11-4-12-24-62/h1-54H. The third kappa shape index (κ3) is 10.4. The predicted molar refractivity (Wildman–Crippen MR) is 397 cm³/mol. The topological polar surface area (TPSA) is 120 Å². The van der Waals surface area contributed by atoms with Crippen molar-refractivity contribution in [2.45, 2.75) is 0 Å². The van der Waals surface area contributed by atoms with E-state index in [1.54, 1.807) is 0 Å². The van der Waals surface area contributed by atoms with Crippen LogP contribution in [0.15, 0.2) is 328 Å². The van der Waals surface area contributed by atoms with Gasteiger partial charge in [0.05, 0.1) is 57.0 Å². The molecule has 0 amide bonds. The van der Waals surface area contributed by atoms with Gasteiger partial charge < -0.3 is 9.13 Å². The van der Waals surface area contributed by atoms with Crippen molar-refractivity contribution in [3.05, 3.63) is 344 Å². The van der Waals surface area contributed by atoms with Gasteiger partial charge in [-0.3, -0.25) is 0 Å². The first-order valence-electron chi connectivity index (χ1n) is 32.5. The first-order valence-corrected chi connectivity index (χ1v) is 32.5. The summed E-state index contributed by atoms with van der Waals surface area (Å²) in [5.41, 5.74) is 23.2. The minimum Gasteiger partial charge on any atom is -0.309 e. The predicted octanol–water partition coefficient (Wildman–Crippen LogP) is 22.4. The van der Waals surface area contributed by atoms with Gasteiger partial charge in [0.2, 0.25) is 0 Å². The summed E-state index contributed by atoms with van der Waals surface area (Å²) in [7, 11) is 0. The second-order valence-corrected chi connectivity index (χ2v) is 24.4. The largest absolute Gasteiger partial charge is 0.309 e. The van der Waals surface area contributed by atoms with E-state index in [9.17, 15) is 15.8 Å². The molecule has 17 aromatic rings. The fourth-order valence-corrected chi connectivity index (χ4v) is 14.0. The van der Waals surface area contributed by atoms with Crippen LogP contribution in [-0.2, 0) is 0 Å². The summed E-state index contributed by atoms with van der Waals surface area (Å²) in [5.74, 6) is 1.14. The lowest BCUT2D eigenvalue weighted by Gasteiger charge is -2.18. The highest BCUT2D eigenvalue weighted by molar-refractivity contribution is 6.13. The van der Waals surface area contributed by atoms with E-state index in [1.807, 2.05) is 121 Å². The lowest BCUT2D eigenvalue weighted by Crippen LogP contribution is -2.04. The quantitative estimate of drug-likeness (QED) is 0.120. The highest BCUT2D eigenvalue weighted by Gasteiger charge is 2.25. The van der Waals surface area contributed by atoms with Gasteiger partial charge in [0, 0.05) is 60.7 Å². The number of rotatable bonds is 12. The van der Waals surface area contributed by atoms with Gasteiger partial charge in [0.25, 0.3) is 0 Å². The van der Waals surface area contributed by atoms with Crippen molar-refractivity contribution in [2.75, 3.05) is 0 Å². The SMILES string of the molecule is N#Cc1ccc(-c2ccc(-c3nc(-c4cc(-n5c6ccc(-c7ccccc7)cc6c6cc(-c7ccccc7)ccc65)ccc4-c4ccccc4C#N)nc(-c4cc(-n5c6ccc(-c7ccccc7)cc6c6cc(-c7ccccc7)ccc65)ccc4-c4ccccc4C#N)n3)cc2)cc1. The average molecular weight is 1250 g/mol. The first kappa shape index (κ1) is 58.0. The van der Waals surface area contributed by atoms with Gasteiger partial charge in [0.15, 0.2) is 17.5 Å². The Balaban J connectivity index is 0.932. The summed E-state index contributed by atoms with van der Waals surface area (Å²) >= 11 is 0. The van der Waals surface area contributed by atoms with Crippen LogP contribution < -0.4 is 0 Å². The van der Waals surface area contributed by atoms with E-state index in [-0.39, 0.29) is 0 Å². The van der Waals surface area contributed by atoms with Crippen LogP contribution in [0.2, 0.25) is 0 Å². The number of aromatic nitrogens is 5. The number of hydrogen-bond acceptors (Lipinski definition) is 6. The van der Waals surface area contributed by atoms with E-state index in [2.05, 4.69) is 234 Å². The van der Waals surface area contributed by atoms with Crippen molar-refractivity contribution in [3.8, 4) is 142 Å². The molecule has 0 aliphatic heterocycles. The van der Waals surface area contributed by atoms with E-state index in [4.69, 9.17) is 15.0 Å². The number of hydrogen-bond donors (Lipinski definition) is 0. The maximum Gasteiger partial charge on any atom is 0.164 e. The van der Waals surface area contributed by atoms with Gasteiger partial charge in [-0.2, -0.15) is 15.8 Å². The van der Waals surface area contributed by atoms with Gasteiger partial charge in [0.1, 0.15) is 0 Å². The smallest absolute Gasteiger partial charge is 0.164 e. The second-order valence-electron chi connectivity index (χ2n) is 24.4. The minimum atomic E-state index is 0.368. The molecule has 0 saturated carbocycles. The van der Waals surface area contributed by atoms with Gasteiger partial charge >= 0.3 is 0 Å². The van der Waals surface area contributed by atoms with E-state index in [0.29, 0.717) is 45.3 Å². The molecule has 0 atom stereocenters. The molecule has 8 heteroatoms. The monoisotopic (exact) mass is 1250 g/mol. The summed E-state index contributed by atoms with van der Waals surface area (Å²) in [6.45, 7) is 0. The van der Waals surface area contributed by atoms with Crippen molar-refractivity contribution in [2.24, 2.45) is 0 Å². The molecule has 0 fully saturated rings. The highest BCUT2D eigenvalue weighted by atomic mass is 15.0. The summed E-state index contributed by atoms with van der Waals surface area (Å²) in [5, 5.41) is 35.9. The fourth-order valence-electron chi connectivity index (χ4n) is 14.0. The molecule has 0 N–H and O–H groups in total. The van der Waals surface area contributed by atoms with Crippen LogP contribution in [0.4, 0.5) is 0 Å². The summed E-state index contributed by atoms with van der Waals surface area (Å²) < 4.78 is 4.64. The Morgan fingerprint density at radius 1 is 0.214 bits per heavy atom. The van der Waals surface area contributed by atoms with E-state index < -0.39 is 0 Å². The molecule has 98 heavy (non-hydrogen) atoms. The van der Waals surface area contributed by atoms with Crippen molar-refractivity contribution in [1.82, 2.24) is 24.1 Å². The molecule has 0 aliphatic rings. The number of nitrogens with zero attached hydrogens (tertiary/aromatic N) is 8. The zero-order valence-corrected chi connectivity index (χ0v) is 52.8. The van der Waals surface area contributed by atoms with Crippen LogP contribution in [0.1, 0.15) is 16.7 Å². The molecule has 14 aromatic carbocycles. The van der Waals surface area contributed by atoms with Gasteiger partial charge in [-0.15, -0.1) is 0 Å². The van der Waals surface area contributed by atoms with E-state index in [1.165, 1.54) is 0 Å². The summed E-state index contributed by atoms with van der Waals surface area (Å²) in [6, 6.07) is 120. The maximum atomic E-state index is 10.9. The molecule has 17 rings (SSSR count). The van der Waals surface area contributed by atoms with Crippen molar-refractivity contribution < 1.29 is 0 Å². The van der Waals surface area contributed by atoms with Gasteiger partial charge in [-0.05, 0) is 164 Å². The van der Waals surface area contributed by atoms with Crippen LogP contribution in [0.25, 0.3) is 167 Å². The lowest BCUT2D eigenvalue weighted by atomic mass is 9.93. The zero-order chi connectivity index (χ0) is 65.6. The molecule has 0 bridgehead atoms. The van der Waals surface area contributed by atoms with Gasteiger partial charge in [-0.25, -0.2) is 15.0 Å². The Hall–Kier alpha value is -13.8. The number of benzene rings is 14.